The molecule has 1 fully saturated rings. The molecular weight excluding hydrogens is 278 g/mol. The van der Waals surface area contributed by atoms with Crippen LogP contribution < -0.4 is 5.73 Å². The molecule has 1 amide bonds. The van der Waals surface area contributed by atoms with E-state index in [0.717, 1.165) is 44.8 Å². The standard InChI is InChI=1S/C17H27N3O2/c1-17(2,3)22-16(21)20-12-10-19(11-13-20)9-8-14-6-4-5-7-15(14)18/h4-7H,8-13,18H2,1-3H3. The summed E-state index contributed by atoms with van der Waals surface area (Å²) in [6, 6.07) is 7.99. The van der Waals surface area contributed by atoms with Gasteiger partial charge in [-0.25, -0.2) is 4.79 Å². The van der Waals surface area contributed by atoms with Crippen LogP contribution in [0.25, 0.3) is 0 Å². The molecule has 22 heavy (non-hydrogen) atoms. The van der Waals surface area contributed by atoms with E-state index in [-0.39, 0.29) is 6.09 Å². The molecule has 122 valence electrons. The Morgan fingerprint density at radius 2 is 1.82 bits per heavy atom. The van der Waals surface area contributed by atoms with Crippen LogP contribution in [0.4, 0.5) is 10.5 Å². The minimum Gasteiger partial charge on any atom is -0.444 e. The Morgan fingerprint density at radius 3 is 2.41 bits per heavy atom. The summed E-state index contributed by atoms with van der Waals surface area (Å²) >= 11 is 0. The summed E-state index contributed by atoms with van der Waals surface area (Å²) in [6.45, 7) is 9.86. The first-order valence-electron chi connectivity index (χ1n) is 7.89. The van der Waals surface area contributed by atoms with Crippen molar-refractivity contribution in [1.29, 1.82) is 0 Å². The lowest BCUT2D eigenvalue weighted by molar-refractivity contribution is 0.0146. The van der Waals surface area contributed by atoms with E-state index in [4.69, 9.17) is 10.5 Å². The van der Waals surface area contributed by atoms with E-state index in [0.29, 0.717) is 0 Å². The Bertz CT molecular complexity index is 503. The molecule has 1 heterocycles. The second-order valence-electron chi connectivity index (χ2n) is 6.76. The van der Waals surface area contributed by atoms with Gasteiger partial charge in [-0.15, -0.1) is 0 Å². The van der Waals surface area contributed by atoms with Gasteiger partial charge in [0.2, 0.25) is 0 Å². The number of nitrogens with two attached hydrogens (primary N) is 1. The molecule has 5 nitrogen and oxygen atoms in total. The molecular formula is C17H27N3O2. The molecule has 0 atom stereocenters. The van der Waals surface area contributed by atoms with Crippen LogP contribution in [0.5, 0.6) is 0 Å². The fourth-order valence-electron chi connectivity index (χ4n) is 2.52. The summed E-state index contributed by atoms with van der Waals surface area (Å²) in [5.41, 5.74) is 7.59. The first kappa shape index (κ1) is 16.6. The number of ether oxygens (including phenoxy) is 1. The van der Waals surface area contributed by atoms with Crippen molar-refractivity contribution in [2.24, 2.45) is 0 Å². The topological polar surface area (TPSA) is 58.8 Å². The maximum absolute atomic E-state index is 12.0. The summed E-state index contributed by atoms with van der Waals surface area (Å²) in [7, 11) is 0. The van der Waals surface area contributed by atoms with E-state index < -0.39 is 5.60 Å². The number of para-hydroxylation sites is 1. The van der Waals surface area contributed by atoms with Crippen molar-refractivity contribution in [3.05, 3.63) is 29.8 Å². The molecule has 1 saturated heterocycles. The van der Waals surface area contributed by atoms with Gasteiger partial charge in [0.25, 0.3) is 0 Å². The normalized spacial score (nSPS) is 16.6. The average Bonchev–Trinajstić information content (AvgIpc) is 2.45. The molecule has 2 N–H and O–H groups in total. The second-order valence-corrected chi connectivity index (χ2v) is 6.76. The summed E-state index contributed by atoms with van der Waals surface area (Å²) in [4.78, 5) is 16.2. The number of carbonyl (C=O) groups is 1. The molecule has 0 aromatic heterocycles. The Kier molecular flexibility index (Phi) is 5.29. The van der Waals surface area contributed by atoms with Gasteiger partial charge < -0.3 is 15.4 Å². The molecule has 5 heteroatoms. The van der Waals surface area contributed by atoms with Gasteiger partial charge in [-0.3, -0.25) is 4.90 Å². The second kappa shape index (κ2) is 7.01. The molecule has 0 radical (unpaired) electrons. The van der Waals surface area contributed by atoms with E-state index in [1.807, 2.05) is 39.0 Å². The molecule has 0 spiro atoms. The summed E-state index contributed by atoms with van der Waals surface area (Å²) in [5, 5.41) is 0. The van der Waals surface area contributed by atoms with Gasteiger partial charge in [-0.2, -0.15) is 0 Å². The lowest BCUT2D eigenvalue weighted by Crippen LogP contribution is -2.50. The smallest absolute Gasteiger partial charge is 0.410 e. The third-order valence-corrected chi connectivity index (χ3v) is 3.78. The van der Waals surface area contributed by atoms with Gasteiger partial charge in [-0.1, -0.05) is 18.2 Å². The van der Waals surface area contributed by atoms with E-state index in [1.165, 1.54) is 5.56 Å². The third kappa shape index (κ3) is 4.91. The molecule has 2 rings (SSSR count). The van der Waals surface area contributed by atoms with Crippen LogP contribution in [0.3, 0.4) is 0 Å². The van der Waals surface area contributed by atoms with Crippen molar-refractivity contribution in [1.82, 2.24) is 9.80 Å². The maximum atomic E-state index is 12.0. The van der Waals surface area contributed by atoms with Gasteiger partial charge >= 0.3 is 6.09 Å². The van der Waals surface area contributed by atoms with E-state index >= 15 is 0 Å². The maximum Gasteiger partial charge on any atom is 0.410 e. The molecule has 1 aromatic rings. The molecule has 1 aliphatic heterocycles. The van der Waals surface area contributed by atoms with Crippen LogP contribution in [0, 0.1) is 0 Å². The lowest BCUT2D eigenvalue weighted by Gasteiger charge is -2.35. The quantitative estimate of drug-likeness (QED) is 0.871. The van der Waals surface area contributed by atoms with Gasteiger partial charge in [-0.05, 0) is 38.8 Å². The van der Waals surface area contributed by atoms with Crippen molar-refractivity contribution < 1.29 is 9.53 Å². The van der Waals surface area contributed by atoms with Crippen LogP contribution >= 0.6 is 0 Å². The van der Waals surface area contributed by atoms with Crippen LogP contribution in [0.2, 0.25) is 0 Å². The first-order chi connectivity index (χ1) is 10.3. The number of nitrogen functional groups attached to an aromatic ring is 1. The highest BCUT2D eigenvalue weighted by Gasteiger charge is 2.25. The molecule has 0 saturated carbocycles. The zero-order valence-corrected chi connectivity index (χ0v) is 13.8. The van der Waals surface area contributed by atoms with Gasteiger partial charge in [0.1, 0.15) is 5.60 Å². The molecule has 0 bridgehead atoms. The lowest BCUT2D eigenvalue weighted by atomic mass is 10.1. The number of carbonyl (C=O) groups excluding carboxylic acids is 1. The number of hydrogen-bond donors (Lipinski definition) is 1. The SMILES string of the molecule is CC(C)(C)OC(=O)N1CCN(CCc2ccccc2N)CC1. The fraction of sp³-hybridized carbons (Fsp3) is 0.588. The van der Waals surface area contributed by atoms with Gasteiger partial charge in [0.15, 0.2) is 0 Å². The Morgan fingerprint density at radius 1 is 1.18 bits per heavy atom. The Hall–Kier alpha value is -1.75. The van der Waals surface area contributed by atoms with Crippen LogP contribution in [0.1, 0.15) is 26.3 Å². The van der Waals surface area contributed by atoms with Crippen molar-refractivity contribution in [2.45, 2.75) is 32.8 Å². The predicted octanol–water partition coefficient (Wildman–Crippen LogP) is 2.36. The van der Waals surface area contributed by atoms with Gasteiger partial charge in [0, 0.05) is 38.4 Å². The third-order valence-electron chi connectivity index (χ3n) is 3.78. The molecule has 1 aliphatic rings. The molecule has 1 aromatic carbocycles. The summed E-state index contributed by atoms with van der Waals surface area (Å²) in [5.74, 6) is 0. The van der Waals surface area contributed by atoms with E-state index in [9.17, 15) is 4.79 Å². The number of anilines is 1. The first-order valence-corrected chi connectivity index (χ1v) is 7.89. The van der Waals surface area contributed by atoms with Crippen molar-refractivity contribution >= 4 is 11.8 Å². The average molecular weight is 305 g/mol. The highest BCUT2D eigenvalue weighted by Crippen LogP contribution is 2.14. The molecule has 0 aliphatic carbocycles. The summed E-state index contributed by atoms with van der Waals surface area (Å²) in [6.07, 6.45) is 0.735. The minimum absolute atomic E-state index is 0.209. The minimum atomic E-state index is -0.431. The number of rotatable bonds is 3. The molecule has 0 unspecified atom stereocenters. The van der Waals surface area contributed by atoms with E-state index in [2.05, 4.69) is 11.0 Å². The number of nitrogens with zero attached hydrogens (tertiary/aromatic N) is 2. The van der Waals surface area contributed by atoms with Crippen molar-refractivity contribution in [3.8, 4) is 0 Å². The predicted molar refractivity (Wildman–Crippen MR) is 88.8 cm³/mol. The number of benzene rings is 1. The van der Waals surface area contributed by atoms with Crippen LogP contribution in [-0.4, -0.2) is 54.2 Å². The number of piperazine rings is 1. The van der Waals surface area contributed by atoms with Crippen LogP contribution in [-0.2, 0) is 11.2 Å². The zero-order valence-electron chi connectivity index (χ0n) is 13.8. The Balaban J connectivity index is 1.76. The Labute approximate surface area is 133 Å². The van der Waals surface area contributed by atoms with Crippen molar-refractivity contribution in [3.63, 3.8) is 0 Å². The highest BCUT2D eigenvalue weighted by atomic mass is 16.6. The number of hydrogen-bond acceptors (Lipinski definition) is 4. The highest BCUT2D eigenvalue weighted by molar-refractivity contribution is 5.68. The van der Waals surface area contributed by atoms with E-state index in [1.54, 1.807) is 4.90 Å². The van der Waals surface area contributed by atoms with Crippen LogP contribution in [0.15, 0.2) is 24.3 Å². The zero-order chi connectivity index (χ0) is 16.2. The monoisotopic (exact) mass is 305 g/mol. The summed E-state index contributed by atoms with van der Waals surface area (Å²) < 4.78 is 5.41. The largest absolute Gasteiger partial charge is 0.444 e. The van der Waals surface area contributed by atoms with Gasteiger partial charge in [0.05, 0.1) is 0 Å². The fourth-order valence-corrected chi connectivity index (χ4v) is 2.52. The van der Waals surface area contributed by atoms with Crippen molar-refractivity contribution in [2.75, 3.05) is 38.5 Å². The number of amides is 1.